The van der Waals surface area contributed by atoms with E-state index in [9.17, 15) is 19.1 Å². The van der Waals surface area contributed by atoms with Crippen molar-refractivity contribution in [3.63, 3.8) is 0 Å². The van der Waals surface area contributed by atoms with E-state index >= 15 is 0 Å². The van der Waals surface area contributed by atoms with Gasteiger partial charge in [0, 0.05) is 22.5 Å². The predicted octanol–water partition coefficient (Wildman–Crippen LogP) is 4.99. The normalized spacial score (nSPS) is 12.8. The fraction of sp³-hybridized carbons (Fsp3) is 0.320. The van der Waals surface area contributed by atoms with Gasteiger partial charge in [-0.05, 0) is 48.2 Å². The van der Waals surface area contributed by atoms with E-state index in [2.05, 4.69) is 20.9 Å². The largest absolute Gasteiger partial charge is 0.369 e. The third-order valence-electron chi connectivity index (χ3n) is 5.13. The lowest BCUT2D eigenvalue weighted by Gasteiger charge is -2.33. The monoisotopic (exact) mass is 472 g/mol. The Balaban J connectivity index is 0.00000187. The third-order valence-corrected chi connectivity index (χ3v) is 5.44. The minimum atomic E-state index is -2.18. The highest BCUT2D eigenvalue weighted by atomic mass is 35.5. The molecule has 174 valence electrons. The van der Waals surface area contributed by atoms with Crippen LogP contribution in [-0.2, 0) is 10.2 Å². The first-order chi connectivity index (χ1) is 15.5. The Labute approximate surface area is 196 Å². The number of aromatic nitrogens is 1. The van der Waals surface area contributed by atoms with E-state index in [1.165, 1.54) is 24.3 Å². The summed E-state index contributed by atoms with van der Waals surface area (Å²) in [6, 6.07) is 8.44. The Morgan fingerprint density at radius 1 is 1.24 bits per heavy atom. The Bertz CT molecular complexity index is 1280. The van der Waals surface area contributed by atoms with Crippen molar-refractivity contribution in [1.82, 2.24) is 5.16 Å². The zero-order valence-corrected chi connectivity index (χ0v) is 19.9. The summed E-state index contributed by atoms with van der Waals surface area (Å²) in [7, 11) is 0. The van der Waals surface area contributed by atoms with Gasteiger partial charge in [0.1, 0.15) is 5.82 Å². The number of halogens is 2. The van der Waals surface area contributed by atoms with Crippen molar-refractivity contribution in [3.8, 4) is 12.3 Å². The van der Waals surface area contributed by atoms with Crippen LogP contribution in [0.25, 0.3) is 10.8 Å². The Kier molecular flexibility index (Phi) is 8.02. The van der Waals surface area contributed by atoms with Gasteiger partial charge in [-0.15, -0.1) is 6.42 Å². The van der Waals surface area contributed by atoms with Crippen molar-refractivity contribution < 1.29 is 18.8 Å². The van der Waals surface area contributed by atoms with Crippen LogP contribution in [0.3, 0.4) is 0 Å². The molecule has 1 aromatic heterocycles. The van der Waals surface area contributed by atoms with Crippen molar-refractivity contribution in [2.75, 3.05) is 5.32 Å². The summed E-state index contributed by atoms with van der Waals surface area (Å²) >= 11 is 6.17. The minimum Gasteiger partial charge on any atom is -0.369 e. The molecule has 0 saturated carbocycles. The second kappa shape index (κ2) is 10.2. The highest BCUT2D eigenvalue weighted by Crippen LogP contribution is 2.37. The number of aryl methyl sites for hydroxylation is 1. The maximum atomic E-state index is 13.4. The van der Waals surface area contributed by atoms with Crippen LogP contribution < -0.4 is 10.9 Å². The third kappa shape index (κ3) is 5.59. The van der Waals surface area contributed by atoms with Gasteiger partial charge in [-0.2, -0.15) is 0 Å². The lowest BCUT2D eigenvalue weighted by molar-refractivity contribution is -0.130. The molecule has 0 fully saturated rings. The molecule has 0 radical (unpaired) electrons. The van der Waals surface area contributed by atoms with Gasteiger partial charge in [-0.3, -0.25) is 4.79 Å². The first kappa shape index (κ1) is 26.0. The van der Waals surface area contributed by atoms with E-state index in [4.69, 9.17) is 18.0 Å². The number of amides is 1. The fourth-order valence-corrected chi connectivity index (χ4v) is 3.94. The number of aliphatic hydroxyl groups is 1. The molecule has 1 amide bonds. The van der Waals surface area contributed by atoms with Crippen LogP contribution in [-0.4, -0.2) is 21.8 Å². The molecule has 0 aliphatic carbocycles. The van der Waals surface area contributed by atoms with E-state index in [0.29, 0.717) is 27.7 Å². The number of anilines is 1. The molecule has 0 aliphatic heterocycles. The predicted molar refractivity (Wildman–Crippen MR) is 128 cm³/mol. The van der Waals surface area contributed by atoms with Gasteiger partial charge < -0.3 is 14.9 Å². The Hall–Kier alpha value is -3.21. The van der Waals surface area contributed by atoms with Crippen LogP contribution in [0, 0.1) is 25.1 Å². The van der Waals surface area contributed by atoms with E-state index in [1.807, 2.05) is 13.8 Å². The van der Waals surface area contributed by atoms with Crippen LogP contribution in [0.1, 0.15) is 45.4 Å². The molecular weight excluding hydrogens is 447 g/mol. The fourth-order valence-electron chi connectivity index (χ4n) is 3.51. The van der Waals surface area contributed by atoms with E-state index < -0.39 is 28.4 Å². The topological polar surface area (TPSA) is 92.4 Å². The van der Waals surface area contributed by atoms with Crippen molar-refractivity contribution in [3.05, 3.63) is 68.9 Å². The van der Waals surface area contributed by atoms with E-state index in [1.54, 1.807) is 26.8 Å². The summed E-state index contributed by atoms with van der Waals surface area (Å²) in [5.74, 6) is 0.841. The van der Waals surface area contributed by atoms with E-state index in [0.717, 1.165) is 6.07 Å². The number of nitrogens with zero attached hydrogens (tertiary/aromatic N) is 1. The molecule has 0 spiro atoms. The van der Waals surface area contributed by atoms with Gasteiger partial charge in [-0.1, -0.05) is 56.4 Å². The van der Waals surface area contributed by atoms with E-state index in [-0.39, 0.29) is 11.4 Å². The van der Waals surface area contributed by atoms with Crippen LogP contribution in [0.4, 0.5) is 10.1 Å². The summed E-state index contributed by atoms with van der Waals surface area (Å²) in [5.41, 5.74) is -2.32. The van der Waals surface area contributed by atoms with Crippen LogP contribution in [0.5, 0.6) is 0 Å². The maximum absolute atomic E-state index is 13.4. The highest BCUT2D eigenvalue weighted by Gasteiger charge is 2.41. The summed E-state index contributed by atoms with van der Waals surface area (Å²) in [4.78, 5) is 24.7. The first-order valence-corrected chi connectivity index (χ1v) is 10.7. The number of hydrogen-bond acceptors (Lipinski definition) is 5. The summed E-state index contributed by atoms with van der Waals surface area (Å²) < 4.78 is 18.1. The average Bonchev–Trinajstić information content (AvgIpc) is 2.77. The Morgan fingerprint density at radius 3 is 2.52 bits per heavy atom. The number of rotatable bonds is 5. The molecular formula is C25H26ClFN2O4. The zero-order valence-electron chi connectivity index (χ0n) is 19.1. The van der Waals surface area contributed by atoms with Gasteiger partial charge in [-0.25, -0.2) is 9.18 Å². The standard InChI is InChI=1S/C23H20ClFN2O4.C2H6/c1-5-23(30,12-22(3,4)18-9-6-14(25)10-19(18)24)21(29)26-15-7-8-16-17(11-15)13(2)27-31-20(16)28;1-2/h1,6-11,30H,12H2,2-4H3,(H,26,29);1-2H3. The summed E-state index contributed by atoms with van der Waals surface area (Å²) in [6.45, 7) is 9.14. The van der Waals surface area contributed by atoms with Gasteiger partial charge >= 0.3 is 5.63 Å². The second-order valence-electron chi connectivity index (χ2n) is 7.96. The number of terminal acetylenes is 1. The van der Waals surface area contributed by atoms with Gasteiger partial charge in [0.15, 0.2) is 0 Å². The molecule has 1 heterocycles. The summed E-state index contributed by atoms with van der Waals surface area (Å²) in [6.07, 6.45) is 5.35. The molecule has 33 heavy (non-hydrogen) atoms. The van der Waals surface area contributed by atoms with Crippen LogP contribution >= 0.6 is 11.6 Å². The zero-order chi connectivity index (χ0) is 25.0. The lowest BCUT2D eigenvalue weighted by atomic mass is 9.75. The van der Waals surface area contributed by atoms with Gasteiger partial charge in [0.2, 0.25) is 5.60 Å². The van der Waals surface area contributed by atoms with Crippen LogP contribution in [0.15, 0.2) is 45.7 Å². The van der Waals surface area contributed by atoms with Crippen molar-refractivity contribution in [1.29, 1.82) is 0 Å². The SMILES string of the molecule is C#CC(O)(CC(C)(C)c1ccc(F)cc1Cl)C(=O)Nc1ccc2c(=O)onc(C)c2c1.CC. The molecule has 8 heteroatoms. The molecule has 0 bridgehead atoms. The first-order valence-electron chi connectivity index (χ1n) is 10.3. The Morgan fingerprint density at radius 2 is 1.91 bits per heavy atom. The number of carbonyl (C=O) groups excluding carboxylic acids is 1. The number of carbonyl (C=O) groups is 1. The maximum Gasteiger partial charge on any atom is 0.366 e. The molecule has 0 saturated heterocycles. The highest BCUT2D eigenvalue weighted by molar-refractivity contribution is 6.31. The number of nitrogens with one attached hydrogen (secondary N) is 1. The molecule has 2 aromatic carbocycles. The molecule has 3 rings (SSSR count). The average molecular weight is 473 g/mol. The smallest absolute Gasteiger partial charge is 0.366 e. The van der Waals surface area contributed by atoms with Crippen molar-refractivity contribution in [2.45, 2.75) is 52.1 Å². The number of benzene rings is 2. The second-order valence-corrected chi connectivity index (χ2v) is 8.37. The summed E-state index contributed by atoms with van der Waals surface area (Å²) in [5, 5.41) is 18.2. The molecule has 1 atom stereocenters. The lowest BCUT2D eigenvalue weighted by Crippen LogP contribution is -2.46. The van der Waals surface area contributed by atoms with Gasteiger partial charge in [0.25, 0.3) is 5.91 Å². The van der Waals surface area contributed by atoms with Crippen molar-refractivity contribution in [2.24, 2.45) is 0 Å². The van der Waals surface area contributed by atoms with Crippen LogP contribution in [0.2, 0.25) is 5.02 Å². The number of fused-ring (bicyclic) bond motifs is 1. The molecule has 2 N–H and O–H groups in total. The molecule has 1 unspecified atom stereocenters. The molecule has 6 nitrogen and oxygen atoms in total. The molecule has 0 aliphatic rings. The van der Waals surface area contributed by atoms with Gasteiger partial charge in [0.05, 0.1) is 11.1 Å². The van der Waals surface area contributed by atoms with Crippen molar-refractivity contribution >= 4 is 34.0 Å². The molecule has 3 aromatic rings. The minimum absolute atomic E-state index is 0.168. The quantitative estimate of drug-likeness (QED) is 0.510. The number of hydrogen-bond donors (Lipinski definition) is 2.